The van der Waals surface area contributed by atoms with Crippen LogP contribution in [-0.2, 0) is 6.42 Å². The van der Waals surface area contributed by atoms with E-state index in [4.69, 9.17) is 10.5 Å². The lowest BCUT2D eigenvalue weighted by atomic mass is 9.88. The van der Waals surface area contributed by atoms with E-state index in [1.165, 1.54) is 11.1 Å². The molecule has 1 aromatic rings. The van der Waals surface area contributed by atoms with Crippen LogP contribution in [0.25, 0.3) is 0 Å². The molecule has 0 radical (unpaired) electrons. The molecule has 3 unspecified atom stereocenters. The van der Waals surface area contributed by atoms with Gasteiger partial charge in [-0.15, -0.1) is 0 Å². The van der Waals surface area contributed by atoms with E-state index in [9.17, 15) is 0 Å². The average molecular weight is 205 g/mol. The van der Waals surface area contributed by atoms with Gasteiger partial charge in [0.2, 0.25) is 0 Å². The third-order valence-electron chi connectivity index (χ3n) is 3.43. The van der Waals surface area contributed by atoms with Crippen LogP contribution in [0.3, 0.4) is 0 Å². The Morgan fingerprint density at radius 2 is 2.20 bits per heavy atom. The predicted molar refractivity (Wildman–Crippen MR) is 62.3 cm³/mol. The molecule has 2 rings (SSSR count). The van der Waals surface area contributed by atoms with Crippen LogP contribution in [-0.4, -0.2) is 13.2 Å². The molecule has 0 amide bonds. The van der Waals surface area contributed by atoms with Gasteiger partial charge in [0.05, 0.1) is 7.11 Å². The fourth-order valence-corrected chi connectivity index (χ4v) is 2.79. The first kappa shape index (κ1) is 10.5. The number of ether oxygens (including phenoxy) is 1. The van der Waals surface area contributed by atoms with E-state index in [-0.39, 0.29) is 6.04 Å². The Bertz CT molecular complexity index is 360. The Labute approximate surface area is 91.4 Å². The molecule has 2 N–H and O–H groups in total. The van der Waals surface area contributed by atoms with E-state index >= 15 is 0 Å². The molecule has 0 fully saturated rings. The molecule has 0 aromatic heterocycles. The summed E-state index contributed by atoms with van der Waals surface area (Å²) in [5.41, 5.74) is 8.86. The van der Waals surface area contributed by atoms with Crippen molar-refractivity contribution in [3.05, 3.63) is 29.3 Å². The summed E-state index contributed by atoms with van der Waals surface area (Å²) in [6.07, 6.45) is 1.12. The van der Waals surface area contributed by atoms with Crippen molar-refractivity contribution in [3.63, 3.8) is 0 Å². The van der Waals surface area contributed by atoms with Gasteiger partial charge in [-0.25, -0.2) is 0 Å². The Morgan fingerprint density at radius 1 is 1.47 bits per heavy atom. The van der Waals surface area contributed by atoms with Crippen LogP contribution >= 0.6 is 0 Å². The first-order chi connectivity index (χ1) is 7.13. The average Bonchev–Trinajstić information content (AvgIpc) is 2.52. The van der Waals surface area contributed by atoms with Crippen molar-refractivity contribution < 1.29 is 4.74 Å². The van der Waals surface area contributed by atoms with Gasteiger partial charge in [0.15, 0.2) is 0 Å². The summed E-state index contributed by atoms with van der Waals surface area (Å²) in [4.78, 5) is 0. The molecule has 82 valence electrons. The van der Waals surface area contributed by atoms with Gasteiger partial charge in [0.1, 0.15) is 5.75 Å². The lowest BCUT2D eigenvalue weighted by Crippen LogP contribution is -2.26. The molecule has 2 nitrogen and oxygen atoms in total. The summed E-state index contributed by atoms with van der Waals surface area (Å²) < 4.78 is 5.24. The van der Waals surface area contributed by atoms with E-state index in [2.05, 4.69) is 26.0 Å². The number of benzene rings is 1. The molecule has 2 heteroatoms. The predicted octanol–water partition coefficient (Wildman–Crippen LogP) is 2.32. The molecule has 1 aromatic carbocycles. The topological polar surface area (TPSA) is 35.2 Å². The smallest absolute Gasteiger partial charge is 0.119 e. The van der Waals surface area contributed by atoms with Crippen LogP contribution in [0.1, 0.15) is 30.9 Å². The summed E-state index contributed by atoms with van der Waals surface area (Å²) in [6.45, 7) is 4.38. The molecule has 0 bridgehead atoms. The Morgan fingerprint density at radius 3 is 2.80 bits per heavy atom. The van der Waals surface area contributed by atoms with Crippen LogP contribution in [0, 0.1) is 5.92 Å². The van der Waals surface area contributed by atoms with E-state index in [0.29, 0.717) is 11.8 Å². The van der Waals surface area contributed by atoms with Gasteiger partial charge in [-0.3, -0.25) is 0 Å². The zero-order valence-corrected chi connectivity index (χ0v) is 9.66. The highest BCUT2D eigenvalue weighted by Crippen LogP contribution is 2.40. The third-order valence-corrected chi connectivity index (χ3v) is 3.43. The number of fused-ring (bicyclic) bond motifs is 1. The van der Waals surface area contributed by atoms with Crippen molar-refractivity contribution in [3.8, 4) is 5.75 Å². The Balaban J connectivity index is 2.38. The summed E-state index contributed by atoms with van der Waals surface area (Å²) in [6, 6.07) is 6.58. The maximum absolute atomic E-state index is 6.04. The maximum atomic E-state index is 6.04. The van der Waals surface area contributed by atoms with E-state index in [1.54, 1.807) is 7.11 Å². The molecule has 0 spiro atoms. The SMILES string of the molecule is COc1ccc2c(c1)CC(C)C2C(C)N. The van der Waals surface area contributed by atoms with Crippen molar-refractivity contribution in [2.75, 3.05) is 7.11 Å². The largest absolute Gasteiger partial charge is 0.497 e. The molecule has 1 aliphatic rings. The van der Waals surface area contributed by atoms with Crippen LogP contribution in [0.4, 0.5) is 0 Å². The van der Waals surface area contributed by atoms with Gasteiger partial charge >= 0.3 is 0 Å². The zero-order chi connectivity index (χ0) is 11.0. The van der Waals surface area contributed by atoms with Gasteiger partial charge in [0, 0.05) is 12.0 Å². The van der Waals surface area contributed by atoms with Gasteiger partial charge < -0.3 is 10.5 Å². The second-order valence-corrected chi connectivity index (χ2v) is 4.63. The second-order valence-electron chi connectivity index (χ2n) is 4.63. The van der Waals surface area contributed by atoms with Gasteiger partial charge in [-0.2, -0.15) is 0 Å². The fourth-order valence-electron chi connectivity index (χ4n) is 2.79. The molecule has 15 heavy (non-hydrogen) atoms. The highest BCUT2D eigenvalue weighted by molar-refractivity contribution is 5.42. The zero-order valence-electron chi connectivity index (χ0n) is 9.66. The number of hydrogen-bond donors (Lipinski definition) is 1. The third kappa shape index (κ3) is 1.74. The van der Waals surface area contributed by atoms with Crippen LogP contribution in [0.2, 0.25) is 0 Å². The minimum Gasteiger partial charge on any atom is -0.497 e. The first-order valence-electron chi connectivity index (χ1n) is 5.56. The van der Waals surface area contributed by atoms with Crippen molar-refractivity contribution in [2.45, 2.75) is 32.2 Å². The molecule has 0 saturated carbocycles. The van der Waals surface area contributed by atoms with Gasteiger partial charge in [-0.05, 0) is 42.5 Å². The summed E-state index contributed by atoms with van der Waals surface area (Å²) in [5, 5.41) is 0. The van der Waals surface area contributed by atoms with Crippen LogP contribution < -0.4 is 10.5 Å². The highest BCUT2D eigenvalue weighted by Gasteiger charge is 2.31. The lowest BCUT2D eigenvalue weighted by molar-refractivity contribution is 0.414. The van der Waals surface area contributed by atoms with Gasteiger partial charge in [0.25, 0.3) is 0 Å². The van der Waals surface area contributed by atoms with Crippen LogP contribution in [0.5, 0.6) is 5.75 Å². The quantitative estimate of drug-likeness (QED) is 0.804. The number of methoxy groups -OCH3 is 1. The van der Waals surface area contributed by atoms with Crippen molar-refractivity contribution in [1.29, 1.82) is 0 Å². The number of rotatable bonds is 2. The van der Waals surface area contributed by atoms with E-state index < -0.39 is 0 Å². The molecular weight excluding hydrogens is 186 g/mol. The molecule has 3 atom stereocenters. The first-order valence-corrected chi connectivity index (χ1v) is 5.56. The van der Waals surface area contributed by atoms with Crippen molar-refractivity contribution in [2.24, 2.45) is 11.7 Å². The highest BCUT2D eigenvalue weighted by atomic mass is 16.5. The van der Waals surface area contributed by atoms with Gasteiger partial charge in [-0.1, -0.05) is 13.0 Å². The lowest BCUT2D eigenvalue weighted by Gasteiger charge is -2.20. The Hall–Kier alpha value is -1.02. The molecule has 0 heterocycles. The number of hydrogen-bond acceptors (Lipinski definition) is 2. The van der Waals surface area contributed by atoms with Crippen molar-refractivity contribution in [1.82, 2.24) is 0 Å². The summed E-state index contributed by atoms with van der Waals surface area (Å²) in [7, 11) is 1.71. The molecule has 1 aliphatic carbocycles. The summed E-state index contributed by atoms with van der Waals surface area (Å²) in [5.74, 6) is 2.10. The van der Waals surface area contributed by atoms with Crippen LogP contribution in [0.15, 0.2) is 18.2 Å². The maximum Gasteiger partial charge on any atom is 0.119 e. The normalized spacial score (nSPS) is 26.1. The molecule has 0 aliphatic heterocycles. The second kappa shape index (κ2) is 3.86. The van der Waals surface area contributed by atoms with E-state index in [0.717, 1.165) is 12.2 Å². The van der Waals surface area contributed by atoms with Crippen molar-refractivity contribution >= 4 is 0 Å². The minimum absolute atomic E-state index is 0.231. The van der Waals surface area contributed by atoms with E-state index in [1.807, 2.05) is 6.07 Å². The minimum atomic E-state index is 0.231. The standard InChI is InChI=1S/C13H19NO/c1-8-6-10-7-11(15-3)4-5-12(10)13(8)9(2)14/h4-5,7-9,13H,6,14H2,1-3H3. The Kier molecular flexibility index (Phi) is 2.70. The molecule has 0 saturated heterocycles. The summed E-state index contributed by atoms with van der Waals surface area (Å²) >= 11 is 0. The fraction of sp³-hybridized carbons (Fsp3) is 0.538. The molecular formula is C13H19NO. The monoisotopic (exact) mass is 205 g/mol. The number of nitrogens with two attached hydrogens (primary N) is 1.